The molecule has 6 heteroatoms. The van der Waals surface area contributed by atoms with Gasteiger partial charge in [0.2, 0.25) is 0 Å². The molecule has 5 nitrogen and oxygen atoms in total. The fourth-order valence-corrected chi connectivity index (χ4v) is 2.17. The van der Waals surface area contributed by atoms with Crippen LogP contribution in [0.5, 0.6) is 11.5 Å². The van der Waals surface area contributed by atoms with E-state index in [1.165, 1.54) is 12.1 Å². The van der Waals surface area contributed by atoms with Crippen LogP contribution in [0.4, 0.5) is 9.18 Å². The van der Waals surface area contributed by atoms with Crippen molar-refractivity contribution in [3.05, 3.63) is 59.9 Å². The molecule has 2 aromatic rings. The first-order chi connectivity index (χ1) is 12.1. The van der Waals surface area contributed by atoms with E-state index in [0.717, 1.165) is 17.1 Å². The number of nitrogens with one attached hydrogen (secondary N) is 1. The van der Waals surface area contributed by atoms with E-state index in [9.17, 15) is 9.18 Å². The summed E-state index contributed by atoms with van der Waals surface area (Å²) in [5, 5.41) is 2.83. The summed E-state index contributed by atoms with van der Waals surface area (Å²) in [6, 6.07) is 13.4. The molecular weight excluding hydrogens is 323 g/mol. The van der Waals surface area contributed by atoms with Gasteiger partial charge in [-0.3, -0.25) is 0 Å². The first-order valence-electron chi connectivity index (χ1n) is 8.09. The number of likely N-dealkylation sites (N-methyl/N-ethyl adjacent to an activating group) is 1. The van der Waals surface area contributed by atoms with Gasteiger partial charge in [0, 0.05) is 13.6 Å². The SMILES string of the molecule is COc1ccc(OCCN(C)C(=O)NCCc2ccc(F)cc2)cc1. The maximum Gasteiger partial charge on any atom is 0.317 e. The number of methoxy groups -OCH3 is 1. The number of rotatable bonds is 8. The van der Waals surface area contributed by atoms with Gasteiger partial charge in [0.25, 0.3) is 0 Å². The van der Waals surface area contributed by atoms with E-state index < -0.39 is 0 Å². The Balaban J connectivity index is 1.64. The fourth-order valence-electron chi connectivity index (χ4n) is 2.17. The first kappa shape index (κ1) is 18.6. The fraction of sp³-hybridized carbons (Fsp3) is 0.316. The number of carbonyl (C=O) groups is 1. The zero-order valence-electron chi connectivity index (χ0n) is 14.5. The predicted molar refractivity (Wildman–Crippen MR) is 94.6 cm³/mol. The molecule has 0 aliphatic carbocycles. The van der Waals surface area contributed by atoms with Gasteiger partial charge in [-0.15, -0.1) is 0 Å². The normalized spacial score (nSPS) is 10.2. The number of urea groups is 1. The Morgan fingerprint density at radius 1 is 1.08 bits per heavy atom. The quantitative estimate of drug-likeness (QED) is 0.799. The van der Waals surface area contributed by atoms with E-state index in [4.69, 9.17) is 9.47 Å². The van der Waals surface area contributed by atoms with Gasteiger partial charge >= 0.3 is 6.03 Å². The topological polar surface area (TPSA) is 50.8 Å². The van der Waals surface area contributed by atoms with E-state index in [-0.39, 0.29) is 11.8 Å². The maximum absolute atomic E-state index is 12.8. The Morgan fingerprint density at radius 2 is 1.72 bits per heavy atom. The summed E-state index contributed by atoms with van der Waals surface area (Å²) < 4.78 is 23.5. The summed E-state index contributed by atoms with van der Waals surface area (Å²) in [6.07, 6.45) is 0.655. The highest BCUT2D eigenvalue weighted by Gasteiger charge is 2.07. The summed E-state index contributed by atoms with van der Waals surface area (Å²) in [7, 11) is 3.32. The average Bonchev–Trinajstić information content (AvgIpc) is 2.63. The largest absolute Gasteiger partial charge is 0.497 e. The lowest BCUT2D eigenvalue weighted by Crippen LogP contribution is -2.40. The molecule has 1 N–H and O–H groups in total. The van der Waals surface area contributed by atoms with Gasteiger partial charge in [0.15, 0.2) is 0 Å². The molecule has 0 saturated carbocycles. The van der Waals surface area contributed by atoms with Crippen LogP contribution in [0.25, 0.3) is 0 Å². The third-order valence-electron chi connectivity index (χ3n) is 3.70. The van der Waals surface area contributed by atoms with E-state index >= 15 is 0 Å². The van der Waals surface area contributed by atoms with Gasteiger partial charge < -0.3 is 19.7 Å². The second kappa shape index (κ2) is 9.52. The van der Waals surface area contributed by atoms with E-state index in [1.54, 1.807) is 31.2 Å². The number of amides is 2. The van der Waals surface area contributed by atoms with Crippen LogP contribution in [-0.4, -0.2) is 44.8 Å². The van der Waals surface area contributed by atoms with Crippen LogP contribution in [0, 0.1) is 5.82 Å². The molecule has 0 spiro atoms. The number of nitrogens with zero attached hydrogens (tertiary/aromatic N) is 1. The zero-order valence-corrected chi connectivity index (χ0v) is 14.5. The standard InChI is InChI=1S/C19H23FN2O3/c1-22(13-14-25-18-9-7-17(24-2)8-10-18)19(23)21-12-11-15-3-5-16(20)6-4-15/h3-10H,11-14H2,1-2H3,(H,21,23). The van der Waals surface area contributed by atoms with E-state index in [0.29, 0.717) is 26.1 Å². The zero-order chi connectivity index (χ0) is 18.1. The molecule has 0 heterocycles. The van der Waals surface area contributed by atoms with Crippen LogP contribution in [0.2, 0.25) is 0 Å². The monoisotopic (exact) mass is 346 g/mol. The molecule has 0 atom stereocenters. The van der Waals surface area contributed by atoms with E-state index in [2.05, 4.69) is 5.32 Å². The summed E-state index contributed by atoms with van der Waals surface area (Å²) in [5.74, 6) is 1.24. The molecule has 25 heavy (non-hydrogen) atoms. The minimum absolute atomic E-state index is 0.166. The number of halogens is 1. The second-order valence-electron chi connectivity index (χ2n) is 5.55. The van der Waals surface area contributed by atoms with Gasteiger partial charge in [0.05, 0.1) is 13.7 Å². The molecule has 134 valence electrons. The first-order valence-corrected chi connectivity index (χ1v) is 8.09. The van der Waals surface area contributed by atoms with Crippen molar-refractivity contribution in [3.8, 4) is 11.5 Å². The van der Waals surface area contributed by atoms with Gasteiger partial charge in [-0.05, 0) is 48.4 Å². The van der Waals surface area contributed by atoms with Crippen molar-refractivity contribution in [2.45, 2.75) is 6.42 Å². The molecule has 0 radical (unpaired) electrons. The minimum atomic E-state index is -0.260. The third kappa shape index (κ3) is 6.33. The molecule has 0 aliphatic heterocycles. The Kier molecular flexibility index (Phi) is 7.07. The summed E-state index contributed by atoms with van der Waals surface area (Å²) in [5.41, 5.74) is 0.979. The lowest BCUT2D eigenvalue weighted by molar-refractivity contribution is 0.195. The third-order valence-corrected chi connectivity index (χ3v) is 3.70. The maximum atomic E-state index is 12.8. The Hall–Kier alpha value is -2.76. The van der Waals surface area contributed by atoms with Crippen molar-refractivity contribution in [3.63, 3.8) is 0 Å². The van der Waals surface area contributed by atoms with Gasteiger partial charge in [-0.2, -0.15) is 0 Å². The van der Waals surface area contributed by atoms with Crippen LogP contribution >= 0.6 is 0 Å². The Bertz CT molecular complexity index is 659. The molecule has 0 unspecified atom stereocenters. The highest BCUT2D eigenvalue weighted by Crippen LogP contribution is 2.16. The van der Waals surface area contributed by atoms with Crippen LogP contribution < -0.4 is 14.8 Å². The van der Waals surface area contributed by atoms with Crippen LogP contribution in [0.3, 0.4) is 0 Å². The van der Waals surface area contributed by atoms with Crippen molar-refractivity contribution in [2.24, 2.45) is 0 Å². The lowest BCUT2D eigenvalue weighted by Gasteiger charge is -2.18. The van der Waals surface area contributed by atoms with Gasteiger partial charge in [0.1, 0.15) is 23.9 Å². The molecule has 0 fully saturated rings. The minimum Gasteiger partial charge on any atom is -0.497 e. The number of hydrogen-bond acceptors (Lipinski definition) is 3. The number of ether oxygens (including phenoxy) is 2. The Labute approximate surface area is 147 Å². The molecule has 0 aliphatic rings. The lowest BCUT2D eigenvalue weighted by atomic mass is 10.1. The predicted octanol–water partition coefficient (Wildman–Crippen LogP) is 3.10. The van der Waals surface area contributed by atoms with E-state index in [1.807, 2.05) is 24.3 Å². The van der Waals surface area contributed by atoms with Crippen LogP contribution in [-0.2, 0) is 6.42 Å². The second-order valence-corrected chi connectivity index (χ2v) is 5.55. The van der Waals surface area contributed by atoms with Crippen LogP contribution in [0.1, 0.15) is 5.56 Å². The molecule has 0 aromatic heterocycles. The van der Waals surface area contributed by atoms with Crippen molar-refractivity contribution < 1.29 is 18.7 Å². The van der Waals surface area contributed by atoms with Crippen molar-refractivity contribution in [1.29, 1.82) is 0 Å². The molecular formula is C19H23FN2O3. The van der Waals surface area contributed by atoms with Crippen molar-refractivity contribution in [2.75, 3.05) is 33.9 Å². The Morgan fingerprint density at radius 3 is 2.36 bits per heavy atom. The number of hydrogen-bond donors (Lipinski definition) is 1. The molecule has 2 aromatic carbocycles. The van der Waals surface area contributed by atoms with Crippen LogP contribution in [0.15, 0.2) is 48.5 Å². The highest BCUT2D eigenvalue weighted by molar-refractivity contribution is 5.73. The molecule has 2 amide bonds. The molecule has 2 rings (SSSR count). The number of benzene rings is 2. The average molecular weight is 346 g/mol. The highest BCUT2D eigenvalue weighted by atomic mass is 19.1. The van der Waals surface area contributed by atoms with Gasteiger partial charge in [-0.25, -0.2) is 9.18 Å². The molecule has 0 saturated heterocycles. The van der Waals surface area contributed by atoms with Crippen molar-refractivity contribution in [1.82, 2.24) is 10.2 Å². The van der Waals surface area contributed by atoms with Gasteiger partial charge in [-0.1, -0.05) is 12.1 Å². The summed E-state index contributed by atoms with van der Waals surface area (Å²) >= 11 is 0. The summed E-state index contributed by atoms with van der Waals surface area (Å²) in [4.78, 5) is 13.6. The number of carbonyl (C=O) groups excluding carboxylic acids is 1. The smallest absolute Gasteiger partial charge is 0.317 e. The summed E-state index contributed by atoms with van der Waals surface area (Å²) in [6.45, 7) is 1.36. The molecule has 0 bridgehead atoms. The van der Waals surface area contributed by atoms with Crippen molar-refractivity contribution >= 4 is 6.03 Å².